The highest BCUT2D eigenvalue weighted by atomic mass is 16.5. The molecule has 1 aromatic heterocycles. The molecule has 4 rings (SSSR count). The van der Waals surface area contributed by atoms with Crippen LogP contribution in [-0.4, -0.2) is 38.0 Å². The predicted octanol–water partition coefficient (Wildman–Crippen LogP) is 4.34. The number of hydrogen-bond acceptors (Lipinski definition) is 6. The summed E-state index contributed by atoms with van der Waals surface area (Å²) in [5.74, 6) is 2.91. The molecule has 0 fully saturated rings. The van der Waals surface area contributed by atoms with Crippen molar-refractivity contribution in [2.45, 2.75) is 13.0 Å². The number of aromatic nitrogens is 2. The lowest BCUT2D eigenvalue weighted by atomic mass is 10.0. The van der Waals surface area contributed by atoms with Gasteiger partial charge >= 0.3 is 0 Å². The van der Waals surface area contributed by atoms with Gasteiger partial charge in [0.1, 0.15) is 23.0 Å². The molecule has 1 heterocycles. The van der Waals surface area contributed by atoms with Crippen LogP contribution in [0.15, 0.2) is 65.7 Å². The topological polar surface area (TPSA) is 71.8 Å². The molecule has 0 aliphatic rings. The second-order valence-corrected chi connectivity index (χ2v) is 7.47. The number of ether oxygens (including phenoxy) is 4. The average Bonchev–Trinajstić information content (AvgIpc) is 2.87. The molecule has 7 heteroatoms. The summed E-state index contributed by atoms with van der Waals surface area (Å²) in [5, 5.41) is 0.539. The maximum Gasteiger partial charge on any atom is 0.261 e. The van der Waals surface area contributed by atoms with Gasteiger partial charge in [-0.3, -0.25) is 9.36 Å². The fourth-order valence-corrected chi connectivity index (χ4v) is 3.84. The number of nitrogens with zero attached hydrogens (tertiary/aromatic N) is 2. The van der Waals surface area contributed by atoms with Crippen molar-refractivity contribution in [2.75, 3.05) is 28.4 Å². The molecule has 0 atom stereocenters. The third-order valence-electron chi connectivity index (χ3n) is 5.65. The van der Waals surface area contributed by atoms with E-state index in [1.165, 1.54) is 0 Å². The minimum Gasteiger partial charge on any atom is -0.497 e. The smallest absolute Gasteiger partial charge is 0.261 e. The molecule has 0 aliphatic carbocycles. The molecule has 0 saturated carbocycles. The van der Waals surface area contributed by atoms with E-state index in [0.29, 0.717) is 35.4 Å². The minimum absolute atomic E-state index is 0.106. The minimum atomic E-state index is -0.106. The zero-order valence-corrected chi connectivity index (χ0v) is 19.1. The van der Waals surface area contributed by atoms with E-state index < -0.39 is 0 Å². The Morgan fingerprint density at radius 2 is 1.48 bits per heavy atom. The SMILES string of the molecule is COc1ccc(OC)c(CCn2cnc3ccc(-c4cc(OC)ccc4OC)cc3c2=O)c1. The van der Waals surface area contributed by atoms with Crippen molar-refractivity contribution in [3.63, 3.8) is 0 Å². The molecule has 3 aromatic carbocycles. The lowest BCUT2D eigenvalue weighted by Crippen LogP contribution is -2.21. The van der Waals surface area contributed by atoms with Gasteiger partial charge in [0.25, 0.3) is 5.56 Å². The maximum absolute atomic E-state index is 13.3. The summed E-state index contributed by atoms with van der Waals surface area (Å²) >= 11 is 0. The highest BCUT2D eigenvalue weighted by Crippen LogP contribution is 2.34. The Kier molecular flexibility index (Phi) is 6.49. The van der Waals surface area contributed by atoms with E-state index in [2.05, 4.69) is 4.98 Å². The van der Waals surface area contributed by atoms with Gasteiger partial charge < -0.3 is 18.9 Å². The van der Waals surface area contributed by atoms with Crippen molar-refractivity contribution in [3.05, 3.63) is 76.8 Å². The molecule has 0 radical (unpaired) electrons. The molecule has 7 nitrogen and oxygen atoms in total. The predicted molar refractivity (Wildman–Crippen MR) is 128 cm³/mol. The zero-order valence-electron chi connectivity index (χ0n) is 19.1. The van der Waals surface area contributed by atoms with Crippen LogP contribution in [0.25, 0.3) is 22.0 Å². The maximum atomic E-state index is 13.3. The quantitative estimate of drug-likeness (QED) is 0.401. The number of fused-ring (bicyclic) bond motifs is 1. The van der Waals surface area contributed by atoms with Crippen LogP contribution in [0.3, 0.4) is 0 Å². The highest BCUT2D eigenvalue weighted by molar-refractivity contribution is 5.85. The Bertz CT molecular complexity index is 1350. The van der Waals surface area contributed by atoms with Crippen molar-refractivity contribution >= 4 is 10.9 Å². The van der Waals surface area contributed by atoms with Gasteiger partial charge in [-0.25, -0.2) is 4.98 Å². The summed E-state index contributed by atoms with van der Waals surface area (Å²) in [6.07, 6.45) is 2.18. The van der Waals surface area contributed by atoms with E-state index >= 15 is 0 Å². The molecule has 0 N–H and O–H groups in total. The molecule has 33 heavy (non-hydrogen) atoms. The van der Waals surface area contributed by atoms with Crippen LogP contribution in [0.4, 0.5) is 0 Å². The Balaban J connectivity index is 1.71. The summed E-state index contributed by atoms with van der Waals surface area (Å²) in [5.41, 5.74) is 3.18. The molecular weight excluding hydrogens is 420 g/mol. The average molecular weight is 447 g/mol. The first-order valence-corrected chi connectivity index (χ1v) is 10.5. The first kappa shape index (κ1) is 22.2. The molecule has 4 aromatic rings. The van der Waals surface area contributed by atoms with Gasteiger partial charge in [0.2, 0.25) is 0 Å². The first-order chi connectivity index (χ1) is 16.1. The van der Waals surface area contributed by atoms with E-state index in [-0.39, 0.29) is 5.56 Å². The Morgan fingerprint density at radius 3 is 2.18 bits per heavy atom. The number of methoxy groups -OCH3 is 4. The van der Waals surface area contributed by atoms with Crippen molar-refractivity contribution in [1.82, 2.24) is 9.55 Å². The van der Waals surface area contributed by atoms with Crippen LogP contribution in [0.5, 0.6) is 23.0 Å². The molecule has 0 aliphatic heterocycles. The van der Waals surface area contributed by atoms with Gasteiger partial charge in [0.15, 0.2) is 0 Å². The number of hydrogen-bond donors (Lipinski definition) is 0. The highest BCUT2D eigenvalue weighted by Gasteiger charge is 2.12. The van der Waals surface area contributed by atoms with Crippen molar-refractivity contribution in [3.8, 4) is 34.1 Å². The van der Waals surface area contributed by atoms with Gasteiger partial charge in [-0.1, -0.05) is 6.07 Å². The van der Waals surface area contributed by atoms with Crippen LogP contribution in [0, 0.1) is 0 Å². The molecule has 0 amide bonds. The fourth-order valence-electron chi connectivity index (χ4n) is 3.84. The summed E-state index contributed by atoms with van der Waals surface area (Å²) < 4.78 is 23.3. The third kappa shape index (κ3) is 4.48. The van der Waals surface area contributed by atoms with Crippen molar-refractivity contribution in [1.29, 1.82) is 0 Å². The van der Waals surface area contributed by atoms with Gasteiger partial charge in [-0.05, 0) is 66.1 Å². The van der Waals surface area contributed by atoms with Gasteiger partial charge in [0, 0.05) is 12.1 Å². The standard InChI is InChI=1S/C26H26N2O5/c1-30-19-6-9-24(32-3)18(13-19)11-12-28-16-27-23-8-5-17(14-22(23)26(28)29)21-15-20(31-2)7-10-25(21)33-4/h5-10,13-16H,11-12H2,1-4H3. The van der Waals surface area contributed by atoms with E-state index in [4.69, 9.17) is 18.9 Å². The summed E-state index contributed by atoms with van der Waals surface area (Å²) in [4.78, 5) is 17.8. The van der Waals surface area contributed by atoms with E-state index in [0.717, 1.165) is 28.2 Å². The van der Waals surface area contributed by atoms with E-state index in [9.17, 15) is 4.79 Å². The first-order valence-electron chi connectivity index (χ1n) is 10.5. The van der Waals surface area contributed by atoms with Crippen LogP contribution in [0.1, 0.15) is 5.56 Å². The fraction of sp³-hybridized carbons (Fsp3) is 0.231. The summed E-state index contributed by atoms with van der Waals surface area (Å²) in [7, 11) is 6.49. The number of benzene rings is 3. The number of rotatable bonds is 8. The van der Waals surface area contributed by atoms with Crippen LogP contribution in [-0.2, 0) is 13.0 Å². The Morgan fingerprint density at radius 1 is 0.788 bits per heavy atom. The van der Waals surface area contributed by atoms with Crippen LogP contribution < -0.4 is 24.5 Å². The van der Waals surface area contributed by atoms with E-state index in [1.807, 2.05) is 54.6 Å². The second kappa shape index (κ2) is 9.65. The monoisotopic (exact) mass is 446 g/mol. The molecule has 0 unspecified atom stereocenters. The summed E-state index contributed by atoms with van der Waals surface area (Å²) in [6.45, 7) is 0.456. The molecule has 170 valence electrons. The molecule has 0 spiro atoms. The molecule has 0 bridgehead atoms. The molecular formula is C26H26N2O5. The zero-order chi connectivity index (χ0) is 23.4. The Hall–Kier alpha value is -4.00. The van der Waals surface area contributed by atoms with Crippen molar-refractivity contribution < 1.29 is 18.9 Å². The van der Waals surface area contributed by atoms with Gasteiger partial charge in [0.05, 0.1) is 45.7 Å². The number of aryl methyl sites for hydroxylation is 2. The van der Waals surface area contributed by atoms with Gasteiger partial charge in [-0.2, -0.15) is 0 Å². The van der Waals surface area contributed by atoms with Crippen LogP contribution >= 0.6 is 0 Å². The van der Waals surface area contributed by atoms with Crippen molar-refractivity contribution in [2.24, 2.45) is 0 Å². The normalized spacial score (nSPS) is 10.8. The largest absolute Gasteiger partial charge is 0.497 e. The van der Waals surface area contributed by atoms with Gasteiger partial charge in [-0.15, -0.1) is 0 Å². The second-order valence-electron chi connectivity index (χ2n) is 7.47. The van der Waals surface area contributed by atoms with E-state index in [1.54, 1.807) is 39.3 Å². The molecule has 0 saturated heterocycles. The Labute approximate surface area is 192 Å². The van der Waals surface area contributed by atoms with Crippen LogP contribution in [0.2, 0.25) is 0 Å². The lowest BCUT2D eigenvalue weighted by Gasteiger charge is -2.13. The summed E-state index contributed by atoms with van der Waals surface area (Å²) in [6, 6.07) is 16.8. The lowest BCUT2D eigenvalue weighted by molar-refractivity contribution is 0.397. The third-order valence-corrected chi connectivity index (χ3v) is 5.65.